The Labute approximate surface area is 179 Å². The van der Waals surface area contributed by atoms with Crippen LogP contribution in [-0.2, 0) is 15.3 Å². The van der Waals surface area contributed by atoms with E-state index in [0.717, 1.165) is 11.3 Å². The van der Waals surface area contributed by atoms with E-state index in [1.165, 1.54) is 16.7 Å². The smallest absolute Gasteiger partial charge is 0.259 e. The second-order valence-electron chi connectivity index (χ2n) is 6.65. The van der Waals surface area contributed by atoms with Gasteiger partial charge in [-0.1, -0.05) is 18.2 Å². The van der Waals surface area contributed by atoms with Crippen LogP contribution in [-0.4, -0.2) is 48.2 Å². The van der Waals surface area contributed by atoms with Gasteiger partial charge in [0.15, 0.2) is 6.61 Å². The Bertz CT molecular complexity index is 972. The van der Waals surface area contributed by atoms with Crippen LogP contribution < -0.4 is 10.1 Å². The summed E-state index contributed by atoms with van der Waals surface area (Å²) in [6, 6.07) is 16.6. The van der Waals surface area contributed by atoms with Gasteiger partial charge in [-0.2, -0.15) is 0 Å². The molecule has 0 aliphatic heterocycles. The molecule has 2 amide bonds. The van der Waals surface area contributed by atoms with Crippen molar-refractivity contribution in [1.82, 2.24) is 9.88 Å². The highest BCUT2D eigenvalue weighted by Crippen LogP contribution is 2.21. The van der Waals surface area contributed by atoms with Crippen molar-refractivity contribution in [2.45, 2.75) is 5.75 Å². The second-order valence-corrected chi connectivity index (χ2v) is 7.64. The summed E-state index contributed by atoms with van der Waals surface area (Å²) in [5, 5.41) is 2.84. The Balaban J connectivity index is 1.40. The van der Waals surface area contributed by atoms with Crippen LogP contribution in [0.3, 0.4) is 0 Å². The van der Waals surface area contributed by atoms with Crippen LogP contribution in [0.5, 0.6) is 5.75 Å². The van der Waals surface area contributed by atoms with E-state index in [-0.39, 0.29) is 18.4 Å². The predicted molar refractivity (Wildman–Crippen MR) is 117 cm³/mol. The van der Waals surface area contributed by atoms with Gasteiger partial charge in [-0.3, -0.25) is 9.59 Å². The number of hydrogen-bond donors (Lipinski definition) is 1. The van der Waals surface area contributed by atoms with Gasteiger partial charge in [-0.25, -0.2) is 4.98 Å². The fourth-order valence-electron chi connectivity index (χ4n) is 2.44. The summed E-state index contributed by atoms with van der Waals surface area (Å²) in [5.74, 6) is 1.79. The van der Waals surface area contributed by atoms with Crippen LogP contribution in [0, 0.1) is 0 Å². The van der Waals surface area contributed by atoms with Crippen molar-refractivity contribution >= 4 is 29.3 Å². The summed E-state index contributed by atoms with van der Waals surface area (Å²) in [4.78, 5) is 29.6. The zero-order valence-corrected chi connectivity index (χ0v) is 17.6. The number of nitrogens with one attached hydrogen (secondary N) is 1. The minimum atomic E-state index is -0.118. The molecular formula is C22H23N3O4S. The lowest BCUT2D eigenvalue weighted by molar-refractivity contribution is -0.130. The Kier molecular flexibility index (Phi) is 7.51. The van der Waals surface area contributed by atoms with Crippen molar-refractivity contribution in [2.75, 3.05) is 31.8 Å². The third-order valence-corrected chi connectivity index (χ3v) is 5.02. The van der Waals surface area contributed by atoms with Gasteiger partial charge in [0.1, 0.15) is 12.0 Å². The van der Waals surface area contributed by atoms with Crippen molar-refractivity contribution in [3.05, 3.63) is 66.6 Å². The fraction of sp³-hybridized carbons (Fsp3) is 0.227. The molecular weight excluding hydrogens is 402 g/mol. The van der Waals surface area contributed by atoms with E-state index >= 15 is 0 Å². The number of anilines is 1. The molecule has 1 heterocycles. The van der Waals surface area contributed by atoms with Gasteiger partial charge in [0, 0.05) is 31.1 Å². The standard InChI is InChI=1S/C22H23N3O4S/c1-25(2)21(27)13-28-19-10-8-17(9-11-19)23-20(26)15-30-14-18-12-29-22(24-18)16-6-4-3-5-7-16/h3-12H,13-15H2,1-2H3,(H,23,26). The highest BCUT2D eigenvalue weighted by Gasteiger charge is 2.09. The molecule has 0 saturated heterocycles. The number of rotatable bonds is 9. The zero-order valence-electron chi connectivity index (χ0n) is 16.8. The number of likely N-dealkylation sites (N-methyl/N-ethyl adjacent to an activating group) is 1. The Morgan fingerprint density at radius 3 is 2.53 bits per heavy atom. The summed E-state index contributed by atoms with van der Waals surface area (Å²) in [5.41, 5.74) is 2.38. The number of hydrogen-bond acceptors (Lipinski definition) is 6. The molecule has 2 aromatic carbocycles. The van der Waals surface area contributed by atoms with E-state index in [0.29, 0.717) is 28.8 Å². The SMILES string of the molecule is CN(C)C(=O)COc1ccc(NC(=O)CSCc2coc(-c3ccccc3)n2)cc1. The number of oxazole rings is 1. The van der Waals surface area contributed by atoms with Crippen molar-refractivity contribution in [1.29, 1.82) is 0 Å². The first-order valence-electron chi connectivity index (χ1n) is 9.31. The Morgan fingerprint density at radius 2 is 1.83 bits per heavy atom. The number of ether oxygens (including phenoxy) is 1. The molecule has 0 atom stereocenters. The molecule has 8 heteroatoms. The molecule has 1 N–H and O–H groups in total. The number of benzene rings is 2. The maximum Gasteiger partial charge on any atom is 0.259 e. The highest BCUT2D eigenvalue weighted by molar-refractivity contribution is 7.99. The van der Waals surface area contributed by atoms with Gasteiger partial charge >= 0.3 is 0 Å². The average molecular weight is 426 g/mol. The second kappa shape index (κ2) is 10.5. The molecule has 156 valence electrons. The number of carbonyl (C=O) groups is 2. The summed E-state index contributed by atoms with van der Waals surface area (Å²) in [6.45, 7) is -0.0244. The molecule has 30 heavy (non-hydrogen) atoms. The van der Waals surface area contributed by atoms with Gasteiger partial charge in [-0.05, 0) is 36.4 Å². The van der Waals surface area contributed by atoms with E-state index in [2.05, 4.69) is 10.3 Å². The molecule has 7 nitrogen and oxygen atoms in total. The van der Waals surface area contributed by atoms with Crippen LogP contribution in [0.25, 0.3) is 11.5 Å². The third kappa shape index (κ3) is 6.38. The van der Waals surface area contributed by atoms with Crippen LogP contribution in [0.1, 0.15) is 5.69 Å². The first-order chi connectivity index (χ1) is 14.5. The van der Waals surface area contributed by atoms with E-state index in [1.807, 2.05) is 30.3 Å². The Morgan fingerprint density at radius 1 is 1.10 bits per heavy atom. The maximum atomic E-state index is 12.1. The summed E-state index contributed by atoms with van der Waals surface area (Å²) >= 11 is 1.46. The predicted octanol–water partition coefficient (Wildman–Crippen LogP) is 3.68. The first-order valence-corrected chi connectivity index (χ1v) is 10.5. The van der Waals surface area contributed by atoms with E-state index in [1.54, 1.807) is 44.6 Å². The van der Waals surface area contributed by atoms with E-state index < -0.39 is 0 Å². The monoisotopic (exact) mass is 425 g/mol. The molecule has 0 bridgehead atoms. The number of amides is 2. The molecule has 0 radical (unpaired) electrons. The van der Waals surface area contributed by atoms with Crippen molar-refractivity contribution in [2.24, 2.45) is 0 Å². The first kappa shape index (κ1) is 21.4. The largest absolute Gasteiger partial charge is 0.484 e. The van der Waals surface area contributed by atoms with Crippen LogP contribution in [0.2, 0.25) is 0 Å². The average Bonchev–Trinajstić information content (AvgIpc) is 3.22. The van der Waals surface area contributed by atoms with Crippen LogP contribution in [0.15, 0.2) is 65.3 Å². The van der Waals surface area contributed by atoms with Crippen molar-refractivity contribution in [3.63, 3.8) is 0 Å². The zero-order chi connectivity index (χ0) is 21.3. The summed E-state index contributed by atoms with van der Waals surface area (Å²) < 4.78 is 10.9. The summed E-state index contributed by atoms with van der Waals surface area (Å²) in [7, 11) is 3.35. The molecule has 0 aliphatic carbocycles. The quantitative estimate of drug-likeness (QED) is 0.563. The lowest BCUT2D eigenvalue weighted by Gasteiger charge is -2.11. The number of nitrogens with zero attached hydrogens (tertiary/aromatic N) is 2. The van der Waals surface area contributed by atoms with Crippen molar-refractivity contribution in [3.8, 4) is 17.2 Å². The minimum Gasteiger partial charge on any atom is -0.484 e. The van der Waals surface area contributed by atoms with Gasteiger partial charge in [0.25, 0.3) is 5.91 Å². The van der Waals surface area contributed by atoms with E-state index in [4.69, 9.17) is 9.15 Å². The maximum absolute atomic E-state index is 12.1. The molecule has 3 aromatic rings. The number of thioether (sulfide) groups is 1. The fourth-order valence-corrected chi connectivity index (χ4v) is 3.14. The lowest BCUT2D eigenvalue weighted by atomic mass is 10.2. The molecule has 0 aliphatic rings. The van der Waals surface area contributed by atoms with Gasteiger partial charge < -0.3 is 19.4 Å². The third-order valence-electron chi connectivity index (χ3n) is 4.05. The Hall–Kier alpha value is -3.26. The molecule has 1 aromatic heterocycles. The molecule has 3 rings (SSSR count). The molecule has 0 fully saturated rings. The minimum absolute atomic E-state index is 0.0244. The lowest BCUT2D eigenvalue weighted by Crippen LogP contribution is -2.27. The topological polar surface area (TPSA) is 84.7 Å². The van der Waals surface area contributed by atoms with Gasteiger partial charge in [0.05, 0.1) is 11.4 Å². The van der Waals surface area contributed by atoms with Gasteiger partial charge in [0.2, 0.25) is 11.8 Å². The molecule has 0 spiro atoms. The summed E-state index contributed by atoms with van der Waals surface area (Å²) in [6.07, 6.45) is 1.62. The number of carbonyl (C=O) groups excluding carboxylic acids is 2. The van der Waals surface area contributed by atoms with E-state index in [9.17, 15) is 9.59 Å². The van der Waals surface area contributed by atoms with Gasteiger partial charge in [-0.15, -0.1) is 11.8 Å². The van der Waals surface area contributed by atoms with Crippen molar-refractivity contribution < 1.29 is 18.7 Å². The normalized spacial score (nSPS) is 10.5. The highest BCUT2D eigenvalue weighted by atomic mass is 32.2. The van der Waals surface area contributed by atoms with Crippen LogP contribution in [0.4, 0.5) is 5.69 Å². The van der Waals surface area contributed by atoms with Crippen LogP contribution >= 0.6 is 11.8 Å². The molecule has 0 unspecified atom stereocenters. The molecule has 0 saturated carbocycles. The number of aromatic nitrogens is 1.